The summed E-state index contributed by atoms with van der Waals surface area (Å²) >= 11 is 0. The average Bonchev–Trinajstić information content (AvgIpc) is 2.57. The second-order valence-corrected chi connectivity index (χ2v) is 5.87. The molecule has 3 aromatic rings. The molecule has 2 heterocycles. The van der Waals surface area contributed by atoms with Crippen molar-refractivity contribution in [2.75, 3.05) is 5.73 Å². The van der Waals surface area contributed by atoms with Gasteiger partial charge in [-0.05, 0) is 38.1 Å². The molecule has 25 heavy (non-hydrogen) atoms. The topological polar surface area (TPSA) is 73.8 Å². The second-order valence-electron chi connectivity index (χ2n) is 5.87. The number of nitrogens with two attached hydrogens (primary N) is 1. The van der Waals surface area contributed by atoms with Gasteiger partial charge >= 0.3 is 0 Å². The fourth-order valence-electron chi connectivity index (χ4n) is 2.53. The zero-order valence-electron chi connectivity index (χ0n) is 13.7. The number of pyridine rings is 1. The summed E-state index contributed by atoms with van der Waals surface area (Å²) < 4.78 is 29.3. The highest BCUT2D eigenvalue weighted by molar-refractivity contribution is 5.78. The summed E-state index contributed by atoms with van der Waals surface area (Å²) in [5.41, 5.74) is 6.46. The Hall–Kier alpha value is -3.09. The maximum Gasteiger partial charge on any atom is 0.250 e. The highest BCUT2D eigenvalue weighted by Gasteiger charge is 2.17. The molecule has 0 aliphatic heterocycles. The first kappa shape index (κ1) is 16.8. The van der Waals surface area contributed by atoms with Crippen LogP contribution in [0.5, 0.6) is 0 Å². The molecule has 0 bridgehead atoms. The molecule has 7 heteroatoms. The van der Waals surface area contributed by atoms with Gasteiger partial charge in [0.15, 0.2) is 0 Å². The molecule has 0 unspecified atom stereocenters. The first-order chi connectivity index (χ1) is 11.9. The molecule has 0 fully saturated rings. The molecule has 2 N–H and O–H groups in total. The molecule has 0 spiro atoms. The van der Waals surface area contributed by atoms with Crippen molar-refractivity contribution in [1.29, 1.82) is 0 Å². The third kappa shape index (κ3) is 3.26. The molecule has 0 saturated carbocycles. The average molecular weight is 342 g/mol. The normalized spacial score (nSPS) is 11.1. The SMILES string of the molecule is CC(C)n1cc(-c2ncc(N)nc2-c2cc(F)ccc2F)ccc1=O. The van der Waals surface area contributed by atoms with Crippen LogP contribution in [0.2, 0.25) is 0 Å². The molecule has 5 nitrogen and oxygen atoms in total. The molecule has 1 aromatic carbocycles. The molecule has 0 radical (unpaired) electrons. The molecule has 0 atom stereocenters. The fourth-order valence-corrected chi connectivity index (χ4v) is 2.53. The number of hydrogen-bond acceptors (Lipinski definition) is 4. The third-order valence-corrected chi connectivity index (χ3v) is 3.74. The number of nitrogen functional groups attached to an aromatic ring is 1. The summed E-state index contributed by atoms with van der Waals surface area (Å²) in [6, 6.07) is 6.00. The van der Waals surface area contributed by atoms with E-state index in [1.54, 1.807) is 12.3 Å². The van der Waals surface area contributed by atoms with E-state index in [0.717, 1.165) is 18.2 Å². The molecule has 0 amide bonds. The molecule has 0 saturated heterocycles. The summed E-state index contributed by atoms with van der Waals surface area (Å²) in [7, 11) is 0. The summed E-state index contributed by atoms with van der Waals surface area (Å²) in [4.78, 5) is 20.3. The van der Waals surface area contributed by atoms with Crippen molar-refractivity contribution in [3.63, 3.8) is 0 Å². The molecule has 0 aliphatic carbocycles. The lowest BCUT2D eigenvalue weighted by atomic mass is 10.0. The maximum atomic E-state index is 14.2. The zero-order chi connectivity index (χ0) is 18.1. The largest absolute Gasteiger partial charge is 0.382 e. The van der Waals surface area contributed by atoms with E-state index in [4.69, 9.17) is 5.73 Å². The van der Waals surface area contributed by atoms with Crippen LogP contribution in [0.4, 0.5) is 14.6 Å². The van der Waals surface area contributed by atoms with Gasteiger partial charge in [0, 0.05) is 29.4 Å². The van der Waals surface area contributed by atoms with Crippen LogP contribution in [-0.4, -0.2) is 14.5 Å². The van der Waals surface area contributed by atoms with Gasteiger partial charge in [-0.1, -0.05) is 0 Å². The number of nitrogens with zero attached hydrogens (tertiary/aromatic N) is 3. The van der Waals surface area contributed by atoms with Crippen molar-refractivity contribution in [3.05, 3.63) is 64.7 Å². The molecular weight excluding hydrogens is 326 g/mol. The monoisotopic (exact) mass is 342 g/mol. The van der Waals surface area contributed by atoms with E-state index in [1.165, 1.54) is 16.8 Å². The number of hydrogen-bond donors (Lipinski definition) is 1. The van der Waals surface area contributed by atoms with Crippen molar-refractivity contribution in [2.24, 2.45) is 0 Å². The lowest BCUT2D eigenvalue weighted by molar-refractivity contribution is 0.579. The van der Waals surface area contributed by atoms with Gasteiger partial charge < -0.3 is 10.3 Å². The zero-order valence-corrected chi connectivity index (χ0v) is 13.7. The predicted octanol–water partition coefficient (Wildman–Crippen LogP) is 3.41. The summed E-state index contributed by atoms with van der Waals surface area (Å²) in [6.07, 6.45) is 2.95. The Labute approximate surface area is 142 Å². The highest BCUT2D eigenvalue weighted by Crippen LogP contribution is 2.31. The van der Waals surface area contributed by atoms with Gasteiger partial charge in [0.2, 0.25) is 0 Å². The minimum atomic E-state index is -0.639. The first-order valence-electron chi connectivity index (χ1n) is 7.67. The van der Waals surface area contributed by atoms with E-state index < -0.39 is 11.6 Å². The van der Waals surface area contributed by atoms with Gasteiger partial charge in [-0.3, -0.25) is 9.78 Å². The van der Waals surface area contributed by atoms with Crippen LogP contribution < -0.4 is 11.3 Å². The van der Waals surface area contributed by atoms with Crippen molar-refractivity contribution >= 4 is 5.82 Å². The number of rotatable bonds is 3. The Bertz CT molecular complexity index is 999. The lowest BCUT2D eigenvalue weighted by Crippen LogP contribution is -2.20. The van der Waals surface area contributed by atoms with Gasteiger partial charge in [-0.15, -0.1) is 0 Å². The Morgan fingerprint density at radius 2 is 1.88 bits per heavy atom. The van der Waals surface area contributed by atoms with E-state index in [1.807, 2.05) is 13.8 Å². The Morgan fingerprint density at radius 3 is 2.60 bits per heavy atom. The van der Waals surface area contributed by atoms with E-state index in [-0.39, 0.29) is 28.7 Å². The molecular formula is C18H16F2N4O. The number of aromatic nitrogens is 3. The number of anilines is 1. The number of halogens is 2. The van der Waals surface area contributed by atoms with Gasteiger partial charge in [0.05, 0.1) is 11.9 Å². The molecule has 128 valence electrons. The van der Waals surface area contributed by atoms with E-state index in [9.17, 15) is 13.6 Å². The van der Waals surface area contributed by atoms with E-state index in [2.05, 4.69) is 9.97 Å². The van der Waals surface area contributed by atoms with Crippen LogP contribution in [0, 0.1) is 11.6 Å². The highest BCUT2D eigenvalue weighted by atomic mass is 19.1. The predicted molar refractivity (Wildman–Crippen MR) is 91.9 cm³/mol. The smallest absolute Gasteiger partial charge is 0.250 e. The second kappa shape index (κ2) is 6.43. The molecule has 2 aromatic heterocycles. The fraction of sp³-hybridized carbons (Fsp3) is 0.167. The Balaban J connectivity index is 2.27. The Kier molecular flexibility index (Phi) is 4.31. The van der Waals surface area contributed by atoms with Crippen LogP contribution >= 0.6 is 0 Å². The van der Waals surface area contributed by atoms with Gasteiger partial charge in [-0.2, -0.15) is 0 Å². The minimum Gasteiger partial charge on any atom is -0.382 e. The van der Waals surface area contributed by atoms with Gasteiger partial charge in [0.25, 0.3) is 5.56 Å². The van der Waals surface area contributed by atoms with Crippen LogP contribution in [-0.2, 0) is 0 Å². The van der Waals surface area contributed by atoms with Crippen molar-refractivity contribution < 1.29 is 8.78 Å². The van der Waals surface area contributed by atoms with E-state index in [0.29, 0.717) is 11.3 Å². The minimum absolute atomic E-state index is 0.0444. The van der Waals surface area contributed by atoms with Crippen molar-refractivity contribution in [2.45, 2.75) is 19.9 Å². The summed E-state index contributed by atoms with van der Waals surface area (Å²) in [5, 5.41) is 0. The third-order valence-electron chi connectivity index (χ3n) is 3.74. The number of benzene rings is 1. The van der Waals surface area contributed by atoms with Crippen molar-refractivity contribution in [1.82, 2.24) is 14.5 Å². The summed E-state index contributed by atoms with van der Waals surface area (Å²) in [5.74, 6) is -1.15. The Morgan fingerprint density at radius 1 is 1.12 bits per heavy atom. The van der Waals surface area contributed by atoms with Crippen LogP contribution in [0.25, 0.3) is 22.5 Å². The standard InChI is InChI=1S/C18H16F2N4O/c1-10(2)24-9-11(3-6-16(24)25)17-18(23-15(21)8-22-17)13-7-12(19)4-5-14(13)20/h3-10H,1-2H3,(H2,21,23). The van der Waals surface area contributed by atoms with Gasteiger partial charge in [-0.25, -0.2) is 13.8 Å². The lowest BCUT2D eigenvalue weighted by Gasteiger charge is -2.14. The van der Waals surface area contributed by atoms with Crippen LogP contribution in [0.3, 0.4) is 0 Å². The van der Waals surface area contributed by atoms with Crippen molar-refractivity contribution in [3.8, 4) is 22.5 Å². The van der Waals surface area contributed by atoms with Crippen LogP contribution in [0.1, 0.15) is 19.9 Å². The summed E-state index contributed by atoms with van der Waals surface area (Å²) in [6.45, 7) is 3.74. The van der Waals surface area contributed by atoms with E-state index >= 15 is 0 Å². The van der Waals surface area contributed by atoms with Gasteiger partial charge in [0.1, 0.15) is 23.1 Å². The quantitative estimate of drug-likeness (QED) is 0.791. The van der Waals surface area contributed by atoms with Crippen LogP contribution in [0.15, 0.2) is 47.5 Å². The maximum absolute atomic E-state index is 14.2. The first-order valence-corrected chi connectivity index (χ1v) is 7.67. The molecule has 0 aliphatic rings. The molecule has 3 rings (SSSR count).